The first-order chi connectivity index (χ1) is 10.9. The molecule has 116 valence electrons. The molecule has 0 aromatic heterocycles. The maximum absolute atomic E-state index is 5.95. The smallest absolute Gasteiger partial charge is 0.0838 e. The molecule has 2 aromatic rings. The van der Waals surface area contributed by atoms with Crippen LogP contribution in [-0.4, -0.2) is 25.4 Å². The fraction of sp³-hybridized carbons (Fsp3) is 0.368. The summed E-state index contributed by atoms with van der Waals surface area (Å²) in [4.78, 5) is 0. The van der Waals surface area contributed by atoms with Crippen molar-refractivity contribution in [2.45, 2.75) is 31.8 Å². The van der Waals surface area contributed by atoms with E-state index in [1.54, 1.807) is 0 Å². The second-order valence-corrected chi connectivity index (χ2v) is 5.61. The van der Waals surface area contributed by atoms with Crippen molar-refractivity contribution in [3.63, 3.8) is 0 Å². The Balaban J connectivity index is 1.43. The van der Waals surface area contributed by atoms with Gasteiger partial charge in [0.2, 0.25) is 0 Å². The van der Waals surface area contributed by atoms with Crippen LogP contribution in [0.15, 0.2) is 60.7 Å². The fourth-order valence-electron chi connectivity index (χ4n) is 2.57. The van der Waals surface area contributed by atoms with Crippen LogP contribution in [0, 0.1) is 0 Å². The quantitative estimate of drug-likeness (QED) is 0.816. The van der Waals surface area contributed by atoms with Crippen LogP contribution in [0.5, 0.6) is 0 Å². The van der Waals surface area contributed by atoms with Crippen LogP contribution < -0.4 is 0 Å². The van der Waals surface area contributed by atoms with Gasteiger partial charge in [-0.15, -0.1) is 0 Å². The van der Waals surface area contributed by atoms with Gasteiger partial charge in [0.25, 0.3) is 0 Å². The first kappa shape index (κ1) is 15.2. The molecule has 22 heavy (non-hydrogen) atoms. The molecule has 0 saturated carbocycles. The molecule has 2 aromatic carbocycles. The van der Waals surface area contributed by atoms with Crippen LogP contribution in [-0.2, 0) is 27.4 Å². The Labute approximate surface area is 131 Å². The summed E-state index contributed by atoms with van der Waals surface area (Å²) in [5.74, 6) is 0. The SMILES string of the molecule is c1ccc(CO[C@@H]2COC[C@H](OCc3ccccc3)C2)cc1. The van der Waals surface area contributed by atoms with Gasteiger partial charge in [0.15, 0.2) is 0 Å². The predicted octanol–water partition coefficient (Wildman–Crippen LogP) is 3.58. The molecule has 0 amide bonds. The predicted molar refractivity (Wildman–Crippen MR) is 85.5 cm³/mol. The Morgan fingerprint density at radius 3 is 1.64 bits per heavy atom. The lowest BCUT2D eigenvalue weighted by Crippen LogP contribution is -2.36. The van der Waals surface area contributed by atoms with E-state index in [0.29, 0.717) is 26.4 Å². The van der Waals surface area contributed by atoms with Gasteiger partial charge in [0.1, 0.15) is 0 Å². The molecule has 0 bridgehead atoms. The number of benzene rings is 2. The highest BCUT2D eigenvalue weighted by Crippen LogP contribution is 2.17. The van der Waals surface area contributed by atoms with Crippen molar-refractivity contribution in [3.05, 3.63) is 71.8 Å². The molecule has 0 radical (unpaired) electrons. The molecular formula is C19H22O3. The van der Waals surface area contributed by atoms with Crippen molar-refractivity contribution in [2.24, 2.45) is 0 Å². The Morgan fingerprint density at radius 1 is 0.727 bits per heavy atom. The average Bonchev–Trinajstić information content (AvgIpc) is 2.60. The van der Waals surface area contributed by atoms with Crippen molar-refractivity contribution in [1.82, 2.24) is 0 Å². The summed E-state index contributed by atoms with van der Waals surface area (Å²) in [6.45, 7) is 2.55. The lowest BCUT2D eigenvalue weighted by Gasteiger charge is -2.29. The zero-order valence-electron chi connectivity index (χ0n) is 12.7. The van der Waals surface area contributed by atoms with Gasteiger partial charge in [-0.2, -0.15) is 0 Å². The highest BCUT2D eigenvalue weighted by Gasteiger charge is 2.23. The Bertz CT molecular complexity index is 492. The number of hydrogen-bond donors (Lipinski definition) is 0. The Kier molecular flexibility index (Phi) is 5.59. The Morgan fingerprint density at radius 2 is 1.18 bits per heavy atom. The molecule has 1 aliphatic rings. The number of rotatable bonds is 6. The largest absolute Gasteiger partial charge is 0.376 e. The molecule has 0 aliphatic carbocycles. The molecule has 3 nitrogen and oxygen atoms in total. The van der Waals surface area contributed by atoms with E-state index in [9.17, 15) is 0 Å². The third-order valence-corrected chi connectivity index (χ3v) is 3.79. The van der Waals surface area contributed by atoms with Crippen LogP contribution in [0.4, 0.5) is 0 Å². The minimum Gasteiger partial charge on any atom is -0.376 e. The summed E-state index contributed by atoms with van der Waals surface area (Å²) in [6, 6.07) is 20.5. The lowest BCUT2D eigenvalue weighted by atomic mass is 10.1. The number of hydrogen-bond acceptors (Lipinski definition) is 3. The van der Waals surface area contributed by atoms with E-state index in [2.05, 4.69) is 24.3 Å². The second kappa shape index (κ2) is 8.08. The maximum atomic E-state index is 5.95. The third kappa shape index (κ3) is 4.67. The van der Waals surface area contributed by atoms with Gasteiger partial charge in [-0.25, -0.2) is 0 Å². The van der Waals surface area contributed by atoms with E-state index in [0.717, 1.165) is 6.42 Å². The minimum atomic E-state index is 0.106. The average molecular weight is 298 g/mol. The van der Waals surface area contributed by atoms with Crippen molar-refractivity contribution in [1.29, 1.82) is 0 Å². The van der Waals surface area contributed by atoms with E-state index in [1.165, 1.54) is 11.1 Å². The number of ether oxygens (including phenoxy) is 3. The van der Waals surface area contributed by atoms with Crippen LogP contribution in [0.3, 0.4) is 0 Å². The molecule has 3 rings (SSSR count). The lowest BCUT2D eigenvalue weighted by molar-refractivity contribution is -0.126. The van der Waals surface area contributed by atoms with Gasteiger partial charge in [-0.05, 0) is 11.1 Å². The van der Waals surface area contributed by atoms with E-state index in [1.807, 2.05) is 36.4 Å². The topological polar surface area (TPSA) is 27.7 Å². The normalized spacial score (nSPS) is 21.6. The van der Waals surface area contributed by atoms with Gasteiger partial charge >= 0.3 is 0 Å². The van der Waals surface area contributed by atoms with Crippen LogP contribution in [0.1, 0.15) is 17.5 Å². The zero-order chi connectivity index (χ0) is 15.0. The van der Waals surface area contributed by atoms with Gasteiger partial charge < -0.3 is 14.2 Å². The molecule has 0 spiro atoms. The molecule has 1 fully saturated rings. The summed E-state index contributed by atoms with van der Waals surface area (Å²) in [5.41, 5.74) is 2.38. The second-order valence-electron chi connectivity index (χ2n) is 5.61. The monoisotopic (exact) mass is 298 g/mol. The summed E-state index contributed by atoms with van der Waals surface area (Å²) in [7, 11) is 0. The van der Waals surface area contributed by atoms with E-state index >= 15 is 0 Å². The molecule has 0 N–H and O–H groups in total. The highest BCUT2D eigenvalue weighted by atomic mass is 16.6. The summed E-state index contributed by atoms with van der Waals surface area (Å²) >= 11 is 0. The van der Waals surface area contributed by atoms with Crippen LogP contribution in [0.25, 0.3) is 0 Å². The molecule has 2 atom stereocenters. The van der Waals surface area contributed by atoms with Crippen LogP contribution >= 0.6 is 0 Å². The van der Waals surface area contributed by atoms with Gasteiger partial charge in [0, 0.05) is 6.42 Å². The van der Waals surface area contributed by atoms with Gasteiger partial charge in [0.05, 0.1) is 38.6 Å². The van der Waals surface area contributed by atoms with Gasteiger partial charge in [-0.3, -0.25) is 0 Å². The van der Waals surface area contributed by atoms with Crippen molar-refractivity contribution < 1.29 is 14.2 Å². The zero-order valence-corrected chi connectivity index (χ0v) is 12.7. The standard InChI is InChI=1S/C19H22O3/c1-3-7-16(8-4-1)12-21-18-11-19(15-20-14-18)22-13-17-9-5-2-6-10-17/h1-10,18-19H,11-15H2/t18-,19+. The fourth-order valence-corrected chi connectivity index (χ4v) is 2.57. The summed E-state index contributed by atoms with van der Waals surface area (Å²) in [5, 5.41) is 0. The van der Waals surface area contributed by atoms with E-state index in [4.69, 9.17) is 14.2 Å². The molecular weight excluding hydrogens is 276 g/mol. The first-order valence-electron chi connectivity index (χ1n) is 7.79. The minimum absolute atomic E-state index is 0.106. The summed E-state index contributed by atoms with van der Waals surface area (Å²) in [6.07, 6.45) is 1.10. The van der Waals surface area contributed by atoms with E-state index in [-0.39, 0.29) is 12.2 Å². The van der Waals surface area contributed by atoms with Crippen LogP contribution in [0.2, 0.25) is 0 Å². The maximum Gasteiger partial charge on any atom is 0.0838 e. The summed E-state index contributed by atoms with van der Waals surface area (Å²) < 4.78 is 17.5. The first-order valence-corrected chi connectivity index (χ1v) is 7.79. The van der Waals surface area contributed by atoms with E-state index < -0.39 is 0 Å². The highest BCUT2D eigenvalue weighted by molar-refractivity contribution is 5.14. The molecule has 1 heterocycles. The molecule has 1 aliphatic heterocycles. The molecule has 0 unspecified atom stereocenters. The molecule has 1 saturated heterocycles. The molecule has 3 heteroatoms. The third-order valence-electron chi connectivity index (χ3n) is 3.79. The Hall–Kier alpha value is -1.68. The van der Waals surface area contributed by atoms with Crippen molar-refractivity contribution in [2.75, 3.05) is 13.2 Å². The van der Waals surface area contributed by atoms with Crippen molar-refractivity contribution >= 4 is 0 Å². The van der Waals surface area contributed by atoms with Gasteiger partial charge in [-0.1, -0.05) is 60.7 Å². The van der Waals surface area contributed by atoms with Crippen molar-refractivity contribution in [3.8, 4) is 0 Å².